The van der Waals surface area contributed by atoms with Crippen molar-refractivity contribution in [2.24, 2.45) is 5.84 Å². The lowest BCUT2D eigenvalue weighted by Gasteiger charge is -2.37. The van der Waals surface area contributed by atoms with Crippen LogP contribution in [0.3, 0.4) is 0 Å². The highest BCUT2D eigenvalue weighted by Crippen LogP contribution is 2.25. The van der Waals surface area contributed by atoms with Gasteiger partial charge in [-0.15, -0.1) is 0 Å². The number of hydrogen-bond donors (Lipinski definition) is 3. The lowest BCUT2D eigenvalue weighted by atomic mass is 9.95. The Morgan fingerprint density at radius 3 is 2.29 bits per heavy atom. The molecule has 2 saturated heterocycles. The van der Waals surface area contributed by atoms with E-state index in [-0.39, 0.29) is 0 Å². The highest BCUT2D eigenvalue weighted by Gasteiger charge is 2.30. The topological polar surface area (TPSA) is 103 Å². The Labute approximate surface area is 124 Å². The number of rotatable bonds is 3. The van der Waals surface area contributed by atoms with Gasteiger partial charge in [-0.1, -0.05) is 0 Å². The van der Waals surface area contributed by atoms with E-state index in [0.29, 0.717) is 24.4 Å². The largest absolute Gasteiger partial charge is 0.388 e. The molecule has 116 valence electrons. The summed E-state index contributed by atoms with van der Waals surface area (Å²) in [6, 6.07) is 0. The zero-order chi connectivity index (χ0) is 14.9. The summed E-state index contributed by atoms with van der Waals surface area (Å²) in [7, 11) is 0. The summed E-state index contributed by atoms with van der Waals surface area (Å²) in [5, 5.41) is 10.2. The molecule has 2 aliphatic heterocycles. The predicted octanol–water partition coefficient (Wildman–Crippen LogP) is 0.109. The van der Waals surface area contributed by atoms with Gasteiger partial charge < -0.3 is 14.9 Å². The van der Waals surface area contributed by atoms with E-state index in [1.807, 2.05) is 11.8 Å². The minimum atomic E-state index is -0.699. The van der Waals surface area contributed by atoms with Gasteiger partial charge in [-0.25, -0.2) is 5.84 Å². The molecule has 1 aromatic rings. The average molecular weight is 293 g/mol. The maximum atomic E-state index is 10.2. The first-order valence-corrected chi connectivity index (χ1v) is 7.52. The number of anilines is 3. The number of β-amino-alcohol motifs (C(OH)–C–C–N with tert-alkyl or cyclic N) is 1. The molecule has 4 N–H and O–H groups in total. The summed E-state index contributed by atoms with van der Waals surface area (Å²) in [5.41, 5.74) is 1.81. The van der Waals surface area contributed by atoms with Crippen molar-refractivity contribution in [1.82, 2.24) is 15.0 Å². The molecule has 8 heteroatoms. The van der Waals surface area contributed by atoms with Gasteiger partial charge in [0.15, 0.2) is 0 Å². The fourth-order valence-corrected chi connectivity index (χ4v) is 3.01. The number of nitrogens with zero attached hydrogens (tertiary/aromatic N) is 5. The fraction of sp³-hybridized carbons (Fsp3) is 0.769. The fourth-order valence-electron chi connectivity index (χ4n) is 3.01. The van der Waals surface area contributed by atoms with Crippen LogP contribution in [0.1, 0.15) is 32.6 Å². The SMILES string of the molecule is CC1(O)CCCN(c2nc(NN)nc(N3CCCC3)n2)C1. The summed E-state index contributed by atoms with van der Waals surface area (Å²) in [5.74, 6) is 7.09. The van der Waals surface area contributed by atoms with E-state index in [1.165, 1.54) is 0 Å². The van der Waals surface area contributed by atoms with Gasteiger partial charge in [-0.3, -0.25) is 5.43 Å². The van der Waals surface area contributed by atoms with Crippen LogP contribution in [0.2, 0.25) is 0 Å². The van der Waals surface area contributed by atoms with Crippen molar-refractivity contribution in [3.05, 3.63) is 0 Å². The second kappa shape index (κ2) is 5.61. The van der Waals surface area contributed by atoms with Crippen molar-refractivity contribution in [3.8, 4) is 0 Å². The zero-order valence-electron chi connectivity index (χ0n) is 12.4. The first-order valence-electron chi connectivity index (χ1n) is 7.52. The number of piperidine rings is 1. The monoisotopic (exact) mass is 293 g/mol. The Morgan fingerprint density at radius 1 is 1.05 bits per heavy atom. The second-order valence-electron chi connectivity index (χ2n) is 6.12. The van der Waals surface area contributed by atoms with Crippen LogP contribution in [0.25, 0.3) is 0 Å². The highest BCUT2D eigenvalue weighted by atomic mass is 16.3. The number of nitrogen functional groups attached to an aromatic ring is 1. The Kier molecular flexibility index (Phi) is 3.81. The van der Waals surface area contributed by atoms with Crippen molar-refractivity contribution < 1.29 is 5.11 Å². The van der Waals surface area contributed by atoms with Crippen LogP contribution in [0.5, 0.6) is 0 Å². The van der Waals surface area contributed by atoms with Gasteiger partial charge in [-0.05, 0) is 32.6 Å². The molecule has 0 saturated carbocycles. The summed E-state index contributed by atoms with van der Waals surface area (Å²) < 4.78 is 0. The lowest BCUT2D eigenvalue weighted by molar-refractivity contribution is 0.0444. The van der Waals surface area contributed by atoms with Gasteiger partial charge in [0.25, 0.3) is 0 Å². The molecule has 1 aromatic heterocycles. The Bertz CT molecular complexity index is 501. The molecule has 21 heavy (non-hydrogen) atoms. The third-order valence-corrected chi connectivity index (χ3v) is 4.09. The Balaban J connectivity index is 1.88. The first kappa shape index (κ1) is 14.3. The van der Waals surface area contributed by atoms with Crippen LogP contribution in [0.4, 0.5) is 17.8 Å². The van der Waals surface area contributed by atoms with Gasteiger partial charge in [0.2, 0.25) is 17.8 Å². The summed E-state index contributed by atoms with van der Waals surface area (Å²) >= 11 is 0. The van der Waals surface area contributed by atoms with Gasteiger partial charge in [-0.2, -0.15) is 15.0 Å². The van der Waals surface area contributed by atoms with Crippen molar-refractivity contribution in [1.29, 1.82) is 0 Å². The van der Waals surface area contributed by atoms with Crippen molar-refractivity contribution in [2.75, 3.05) is 41.4 Å². The van der Waals surface area contributed by atoms with Crippen molar-refractivity contribution in [3.63, 3.8) is 0 Å². The Hall–Kier alpha value is -1.67. The first-order chi connectivity index (χ1) is 10.1. The molecule has 0 spiro atoms. The summed E-state index contributed by atoms with van der Waals surface area (Å²) in [4.78, 5) is 17.4. The maximum absolute atomic E-state index is 10.2. The van der Waals surface area contributed by atoms with Crippen LogP contribution in [0, 0.1) is 0 Å². The van der Waals surface area contributed by atoms with E-state index in [9.17, 15) is 5.11 Å². The van der Waals surface area contributed by atoms with Crippen molar-refractivity contribution in [2.45, 2.75) is 38.2 Å². The number of nitrogens with one attached hydrogen (secondary N) is 1. The number of aliphatic hydroxyl groups is 1. The number of aromatic nitrogens is 3. The highest BCUT2D eigenvalue weighted by molar-refractivity contribution is 5.45. The maximum Gasteiger partial charge on any atom is 0.243 e. The molecular formula is C13H23N7O. The van der Waals surface area contributed by atoms with Crippen LogP contribution in [-0.2, 0) is 0 Å². The molecule has 8 nitrogen and oxygen atoms in total. The van der Waals surface area contributed by atoms with E-state index in [2.05, 4.69) is 25.3 Å². The minimum Gasteiger partial charge on any atom is -0.388 e. The predicted molar refractivity (Wildman–Crippen MR) is 81.2 cm³/mol. The summed E-state index contributed by atoms with van der Waals surface area (Å²) in [6.07, 6.45) is 4.04. The number of hydrazine groups is 1. The van der Waals surface area contributed by atoms with E-state index >= 15 is 0 Å². The molecule has 0 bridgehead atoms. The zero-order valence-corrected chi connectivity index (χ0v) is 12.4. The molecule has 1 unspecified atom stereocenters. The van der Waals surface area contributed by atoms with Crippen molar-refractivity contribution >= 4 is 17.8 Å². The van der Waals surface area contributed by atoms with Gasteiger partial charge in [0.05, 0.1) is 5.60 Å². The van der Waals surface area contributed by atoms with Gasteiger partial charge in [0, 0.05) is 26.2 Å². The Morgan fingerprint density at radius 2 is 1.67 bits per heavy atom. The van der Waals surface area contributed by atoms with Gasteiger partial charge >= 0.3 is 0 Å². The average Bonchev–Trinajstić information content (AvgIpc) is 3.00. The molecule has 0 amide bonds. The number of hydrogen-bond acceptors (Lipinski definition) is 8. The molecule has 0 radical (unpaired) electrons. The number of nitrogens with two attached hydrogens (primary N) is 1. The summed E-state index contributed by atoms with van der Waals surface area (Å²) in [6.45, 7) is 5.14. The van der Waals surface area contributed by atoms with Crippen LogP contribution < -0.4 is 21.1 Å². The second-order valence-corrected chi connectivity index (χ2v) is 6.12. The smallest absolute Gasteiger partial charge is 0.243 e. The molecule has 0 aromatic carbocycles. The quantitative estimate of drug-likeness (QED) is 0.533. The van der Waals surface area contributed by atoms with E-state index < -0.39 is 5.60 Å². The standard InChI is InChI=1S/C13H23N7O/c1-13(21)5-4-8-20(9-13)12-16-10(18-14)15-11(17-12)19-6-2-3-7-19/h21H,2-9,14H2,1H3,(H,15,16,17,18). The van der Waals surface area contributed by atoms with E-state index in [1.54, 1.807) is 0 Å². The minimum absolute atomic E-state index is 0.368. The molecular weight excluding hydrogens is 270 g/mol. The van der Waals surface area contributed by atoms with Gasteiger partial charge in [0.1, 0.15) is 0 Å². The molecule has 3 rings (SSSR count). The molecule has 0 aliphatic carbocycles. The van der Waals surface area contributed by atoms with E-state index in [4.69, 9.17) is 5.84 Å². The van der Waals surface area contributed by atoms with Crippen LogP contribution >= 0.6 is 0 Å². The third kappa shape index (κ3) is 3.16. The molecule has 2 fully saturated rings. The van der Waals surface area contributed by atoms with E-state index in [0.717, 1.165) is 45.3 Å². The third-order valence-electron chi connectivity index (χ3n) is 4.09. The van der Waals surface area contributed by atoms with Crippen LogP contribution in [0.15, 0.2) is 0 Å². The molecule has 2 aliphatic rings. The molecule has 3 heterocycles. The lowest BCUT2D eigenvalue weighted by Crippen LogP contribution is -2.47. The van der Waals surface area contributed by atoms with Crippen LogP contribution in [-0.4, -0.2) is 51.8 Å². The normalized spacial score (nSPS) is 26.2. The molecule has 1 atom stereocenters.